The van der Waals surface area contributed by atoms with Gasteiger partial charge in [-0.25, -0.2) is 0 Å². The van der Waals surface area contributed by atoms with E-state index in [2.05, 4.69) is 6.07 Å². The molecule has 1 aliphatic rings. The molecule has 1 aromatic heterocycles. The molecule has 1 saturated heterocycles. The molecule has 1 atom stereocenters. The molecule has 1 fully saturated rings. The number of likely N-dealkylation sites (N-methyl/N-ethyl adjacent to an activating group) is 1. The number of ketones is 1. The van der Waals surface area contributed by atoms with Crippen LogP contribution in [0.1, 0.15) is 28.5 Å². The van der Waals surface area contributed by atoms with Gasteiger partial charge < -0.3 is 24.1 Å². The second kappa shape index (κ2) is 9.97. The van der Waals surface area contributed by atoms with Crippen molar-refractivity contribution in [3.8, 4) is 5.75 Å². The highest BCUT2D eigenvalue weighted by atomic mass is 16.5. The van der Waals surface area contributed by atoms with Gasteiger partial charge in [-0.3, -0.25) is 9.59 Å². The fraction of sp³-hybridized carbons (Fsp3) is 0.259. The molecule has 1 unspecified atom stereocenters. The molecule has 2 heterocycles. The fourth-order valence-corrected chi connectivity index (χ4v) is 3.99. The minimum absolute atomic E-state index is 0.0205. The Morgan fingerprint density at radius 3 is 2.50 bits per heavy atom. The van der Waals surface area contributed by atoms with Crippen molar-refractivity contribution in [2.24, 2.45) is 0 Å². The number of hydrogen-bond donors (Lipinski definition) is 1. The SMILES string of the molecule is Cc1cccc(COc2ccc(C(O)=C3C(=O)C(=O)N(CCN(C)C)C3c3ccco3)cc2)c1. The standard InChI is InChI=1S/C27H28N2O5/c1-18-6-4-7-19(16-18)17-34-21-11-9-20(10-12-21)25(30)23-24(22-8-5-15-33-22)29(14-13-28(2)3)27(32)26(23)31/h4-12,15-16,24,30H,13-14,17H2,1-3H3. The maximum Gasteiger partial charge on any atom is 0.295 e. The summed E-state index contributed by atoms with van der Waals surface area (Å²) in [5.74, 6) is -0.553. The summed E-state index contributed by atoms with van der Waals surface area (Å²) in [4.78, 5) is 29.1. The molecule has 7 nitrogen and oxygen atoms in total. The van der Waals surface area contributed by atoms with Crippen LogP contribution < -0.4 is 4.74 Å². The average Bonchev–Trinajstić information content (AvgIpc) is 3.43. The lowest BCUT2D eigenvalue weighted by Crippen LogP contribution is -2.35. The van der Waals surface area contributed by atoms with E-state index >= 15 is 0 Å². The normalized spacial score (nSPS) is 17.5. The first kappa shape index (κ1) is 23.3. The van der Waals surface area contributed by atoms with Crippen molar-refractivity contribution in [3.63, 3.8) is 0 Å². The zero-order chi connectivity index (χ0) is 24.2. The predicted octanol–water partition coefficient (Wildman–Crippen LogP) is 4.15. The molecule has 176 valence electrons. The molecule has 0 aliphatic carbocycles. The Labute approximate surface area is 198 Å². The van der Waals surface area contributed by atoms with Crippen LogP contribution in [0.3, 0.4) is 0 Å². The first-order valence-corrected chi connectivity index (χ1v) is 11.1. The van der Waals surface area contributed by atoms with Crippen molar-refractivity contribution in [1.29, 1.82) is 0 Å². The Morgan fingerprint density at radius 1 is 1.09 bits per heavy atom. The number of amides is 1. The number of carbonyl (C=O) groups is 2. The Balaban J connectivity index is 1.60. The van der Waals surface area contributed by atoms with E-state index in [4.69, 9.17) is 9.15 Å². The molecule has 0 radical (unpaired) electrons. The smallest absolute Gasteiger partial charge is 0.295 e. The van der Waals surface area contributed by atoms with Crippen molar-refractivity contribution in [2.45, 2.75) is 19.6 Å². The molecule has 4 rings (SSSR count). The molecule has 2 aromatic carbocycles. The number of aliphatic hydroxyl groups excluding tert-OH is 1. The third kappa shape index (κ3) is 4.89. The van der Waals surface area contributed by atoms with Gasteiger partial charge in [0.05, 0.1) is 11.8 Å². The number of likely N-dealkylation sites (tertiary alicyclic amines) is 1. The second-order valence-corrected chi connectivity index (χ2v) is 8.61. The van der Waals surface area contributed by atoms with Crippen LogP contribution in [0.5, 0.6) is 5.75 Å². The predicted molar refractivity (Wildman–Crippen MR) is 128 cm³/mol. The first-order chi connectivity index (χ1) is 16.3. The van der Waals surface area contributed by atoms with E-state index in [1.54, 1.807) is 36.4 Å². The van der Waals surface area contributed by atoms with E-state index in [0.29, 0.717) is 36.8 Å². The number of furan rings is 1. The summed E-state index contributed by atoms with van der Waals surface area (Å²) in [5.41, 5.74) is 2.66. The van der Waals surface area contributed by atoms with Gasteiger partial charge in [-0.2, -0.15) is 0 Å². The molecule has 7 heteroatoms. The third-order valence-electron chi connectivity index (χ3n) is 5.76. The van der Waals surface area contributed by atoms with Gasteiger partial charge in [-0.1, -0.05) is 29.8 Å². The first-order valence-electron chi connectivity index (χ1n) is 11.1. The van der Waals surface area contributed by atoms with Crippen molar-refractivity contribution in [2.75, 3.05) is 27.2 Å². The lowest BCUT2D eigenvalue weighted by molar-refractivity contribution is -0.140. The topological polar surface area (TPSA) is 83.2 Å². The molecule has 34 heavy (non-hydrogen) atoms. The minimum atomic E-state index is -0.785. The number of ether oxygens (including phenoxy) is 1. The number of aryl methyl sites for hydroxylation is 1. The monoisotopic (exact) mass is 460 g/mol. The van der Waals surface area contributed by atoms with Gasteiger partial charge in [-0.15, -0.1) is 0 Å². The summed E-state index contributed by atoms with van der Waals surface area (Å²) in [6.45, 7) is 3.34. The van der Waals surface area contributed by atoms with Crippen LogP contribution in [0, 0.1) is 6.92 Å². The summed E-state index contributed by atoms with van der Waals surface area (Å²) in [7, 11) is 3.78. The molecule has 3 aromatic rings. The third-order valence-corrected chi connectivity index (χ3v) is 5.76. The number of benzene rings is 2. The van der Waals surface area contributed by atoms with E-state index in [1.165, 1.54) is 11.2 Å². The van der Waals surface area contributed by atoms with Gasteiger partial charge in [0.25, 0.3) is 11.7 Å². The Kier molecular flexibility index (Phi) is 6.84. The minimum Gasteiger partial charge on any atom is -0.507 e. The maximum absolute atomic E-state index is 12.9. The highest BCUT2D eigenvalue weighted by Crippen LogP contribution is 2.39. The highest BCUT2D eigenvalue weighted by molar-refractivity contribution is 6.46. The second-order valence-electron chi connectivity index (χ2n) is 8.61. The molecular formula is C27H28N2O5. The van der Waals surface area contributed by atoms with E-state index in [9.17, 15) is 14.7 Å². The fourth-order valence-electron chi connectivity index (χ4n) is 3.99. The number of aliphatic hydroxyl groups is 1. The molecule has 1 amide bonds. The van der Waals surface area contributed by atoms with E-state index in [0.717, 1.165) is 11.1 Å². The summed E-state index contributed by atoms with van der Waals surface area (Å²) in [5, 5.41) is 11.1. The number of rotatable bonds is 8. The van der Waals surface area contributed by atoms with Crippen LogP contribution in [0.2, 0.25) is 0 Å². The van der Waals surface area contributed by atoms with Gasteiger partial charge in [0.1, 0.15) is 29.9 Å². The Hall–Kier alpha value is -3.84. The van der Waals surface area contributed by atoms with Gasteiger partial charge in [0.15, 0.2) is 0 Å². The zero-order valence-corrected chi connectivity index (χ0v) is 19.5. The van der Waals surface area contributed by atoms with Crippen molar-refractivity contribution in [3.05, 3.63) is 95.0 Å². The van der Waals surface area contributed by atoms with Gasteiger partial charge >= 0.3 is 0 Å². The quantitative estimate of drug-likeness (QED) is 0.309. The van der Waals surface area contributed by atoms with Crippen LogP contribution in [-0.4, -0.2) is 53.8 Å². The lowest BCUT2D eigenvalue weighted by Gasteiger charge is -2.24. The molecule has 0 spiro atoms. The van der Waals surface area contributed by atoms with E-state index < -0.39 is 17.7 Å². The number of Topliss-reactive ketones (excluding diaryl/α,β-unsaturated/α-hetero) is 1. The molecule has 1 aliphatic heterocycles. The zero-order valence-electron chi connectivity index (χ0n) is 19.5. The van der Waals surface area contributed by atoms with Crippen LogP contribution in [0.4, 0.5) is 0 Å². The molecule has 0 saturated carbocycles. The number of hydrogen-bond acceptors (Lipinski definition) is 6. The van der Waals surface area contributed by atoms with Crippen molar-refractivity contribution in [1.82, 2.24) is 9.80 Å². The molecular weight excluding hydrogens is 432 g/mol. The lowest BCUT2D eigenvalue weighted by atomic mass is 9.99. The van der Waals surface area contributed by atoms with Crippen LogP contribution in [0.25, 0.3) is 5.76 Å². The Bertz CT molecular complexity index is 1200. The van der Waals surface area contributed by atoms with Crippen molar-refractivity contribution >= 4 is 17.4 Å². The van der Waals surface area contributed by atoms with Crippen molar-refractivity contribution < 1.29 is 23.8 Å². The Morgan fingerprint density at radius 2 is 1.85 bits per heavy atom. The van der Waals surface area contributed by atoms with Gasteiger partial charge in [-0.05, 0) is 63.0 Å². The van der Waals surface area contributed by atoms with Crippen LogP contribution in [0.15, 0.2) is 76.9 Å². The largest absolute Gasteiger partial charge is 0.507 e. The van der Waals surface area contributed by atoms with Gasteiger partial charge in [0.2, 0.25) is 0 Å². The number of nitrogens with zero attached hydrogens (tertiary/aromatic N) is 2. The van der Waals surface area contributed by atoms with Gasteiger partial charge in [0, 0.05) is 18.7 Å². The molecule has 0 bridgehead atoms. The summed E-state index contributed by atoms with van der Waals surface area (Å²) >= 11 is 0. The summed E-state index contributed by atoms with van der Waals surface area (Å²) < 4.78 is 11.4. The highest BCUT2D eigenvalue weighted by Gasteiger charge is 2.47. The van der Waals surface area contributed by atoms with E-state index in [-0.39, 0.29) is 11.3 Å². The summed E-state index contributed by atoms with van der Waals surface area (Å²) in [6.07, 6.45) is 1.49. The maximum atomic E-state index is 12.9. The molecule has 1 N–H and O–H groups in total. The number of carbonyl (C=O) groups excluding carboxylic acids is 2. The van der Waals surface area contributed by atoms with Crippen LogP contribution in [-0.2, 0) is 16.2 Å². The summed E-state index contributed by atoms with van der Waals surface area (Å²) in [6, 6.07) is 17.5. The van der Waals surface area contributed by atoms with E-state index in [1.807, 2.05) is 44.1 Å². The average molecular weight is 461 g/mol. The van der Waals surface area contributed by atoms with Crippen LogP contribution >= 0.6 is 0 Å².